The summed E-state index contributed by atoms with van der Waals surface area (Å²) in [7, 11) is 0. The number of nitrogens with one attached hydrogen (secondary N) is 1. The van der Waals surface area contributed by atoms with Crippen LogP contribution in [0.3, 0.4) is 0 Å². The Balaban J connectivity index is 2.13. The number of hydrogen-bond acceptors (Lipinski definition) is 4. The molecule has 0 bridgehead atoms. The van der Waals surface area contributed by atoms with Gasteiger partial charge < -0.3 is 10.4 Å². The van der Waals surface area contributed by atoms with Gasteiger partial charge in [0.15, 0.2) is 0 Å². The lowest BCUT2D eigenvalue weighted by Crippen LogP contribution is -2.24. The molecule has 0 aliphatic carbocycles. The van der Waals surface area contributed by atoms with Crippen LogP contribution in [0.25, 0.3) is 0 Å². The van der Waals surface area contributed by atoms with Gasteiger partial charge in [-0.05, 0) is 18.6 Å². The fourth-order valence-corrected chi connectivity index (χ4v) is 1.73. The van der Waals surface area contributed by atoms with Gasteiger partial charge in [0.2, 0.25) is 5.91 Å². The first-order chi connectivity index (χ1) is 9.58. The zero-order chi connectivity index (χ0) is 14.5. The predicted molar refractivity (Wildman–Crippen MR) is 71.1 cm³/mol. The molecule has 1 aromatic carbocycles. The summed E-state index contributed by atoms with van der Waals surface area (Å²) < 4.78 is 1.43. The van der Waals surface area contributed by atoms with Crippen LogP contribution < -0.4 is 5.32 Å². The topological polar surface area (TPSA) is 97.1 Å². The maximum Gasteiger partial charge on any atom is 0.307 e. The predicted octanol–water partition coefficient (Wildman–Crippen LogP) is 1.10. The number of anilines is 1. The number of amides is 1. The Morgan fingerprint density at radius 1 is 1.40 bits per heavy atom. The first-order valence-corrected chi connectivity index (χ1v) is 6.02. The largest absolute Gasteiger partial charge is 0.481 e. The number of carbonyl (C=O) groups is 2. The molecule has 1 amide bonds. The molecular weight excluding hydrogens is 260 g/mol. The first-order valence-electron chi connectivity index (χ1n) is 6.02. The van der Waals surface area contributed by atoms with E-state index in [4.69, 9.17) is 5.11 Å². The Kier molecular flexibility index (Phi) is 4.09. The van der Waals surface area contributed by atoms with Crippen molar-refractivity contribution in [2.45, 2.75) is 19.4 Å². The van der Waals surface area contributed by atoms with Crippen molar-refractivity contribution in [1.29, 1.82) is 0 Å². The van der Waals surface area contributed by atoms with Crippen molar-refractivity contribution in [3.8, 4) is 0 Å². The molecule has 0 spiro atoms. The summed E-state index contributed by atoms with van der Waals surface area (Å²) in [5.41, 5.74) is 1.05. The van der Waals surface area contributed by atoms with Crippen LogP contribution in [0.15, 0.2) is 36.9 Å². The molecule has 7 nitrogen and oxygen atoms in total. The molecule has 1 unspecified atom stereocenters. The Bertz CT molecular complexity index is 610. The second-order valence-electron chi connectivity index (χ2n) is 4.27. The van der Waals surface area contributed by atoms with Crippen LogP contribution >= 0.6 is 0 Å². The van der Waals surface area contributed by atoms with E-state index in [1.807, 2.05) is 0 Å². The number of nitrogens with zero attached hydrogens (tertiary/aromatic N) is 3. The molecule has 20 heavy (non-hydrogen) atoms. The van der Waals surface area contributed by atoms with Gasteiger partial charge in [-0.25, -0.2) is 9.67 Å². The summed E-state index contributed by atoms with van der Waals surface area (Å²) in [6.07, 6.45) is 2.66. The molecule has 0 radical (unpaired) electrons. The normalized spacial score (nSPS) is 11.8. The van der Waals surface area contributed by atoms with Gasteiger partial charge in [0.25, 0.3) is 0 Å². The van der Waals surface area contributed by atoms with Crippen molar-refractivity contribution < 1.29 is 14.7 Å². The number of benzene rings is 1. The monoisotopic (exact) mass is 274 g/mol. The van der Waals surface area contributed by atoms with Crippen LogP contribution in [0.4, 0.5) is 5.69 Å². The highest BCUT2D eigenvalue weighted by Gasteiger charge is 2.17. The van der Waals surface area contributed by atoms with Crippen molar-refractivity contribution in [3.05, 3.63) is 42.5 Å². The third kappa shape index (κ3) is 3.19. The molecule has 1 heterocycles. The summed E-state index contributed by atoms with van der Waals surface area (Å²) in [5, 5.41) is 15.5. The lowest BCUT2D eigenvalue weighted by Gasteiger charge is -2.14. The number of carbonyl (C=O) groups excluding carboxylic acids is 1. The van der Waals surface area contributed by atoms with Gasteiger partial charge in [-0.2, -0.15) is 5.10 Å². The molecular formula is C13H14N4O3. The number of rotatable bonds is 5. The van der Waals surface area contributed by atoms with E-state index in [2.05, 4.69) is 15.4 Å². The molecule has 7 heteroatoms. The van der Waals surface area contributed by atoms with E-state index in [-0.39, 0.29) is 12.3 Å². The van der Waals surface area contributed by atoms with E-state index < -0.39 is 12.0 Å². The van der Waals surface area contributed by atoms with Gasteiger partial charge in [0, 0.05) is 5.69 Å². The number of aromatic nitrogens is 3. The molecule has 0 saturated carbocycles. The van der Waals surface area contributed by atoms with Gasteiger partial charge in [0.1, 0.15) is 18.7 Å². The van der Waals surface area contributed by atoms with Crippen LogP contribution in [0.1, 0.15) is 18.5 Å². The van der Waals surface area contributed by atoms with Gasteiger partial charge >= 0.3 is 5.97 Å². The Labute approximate surface area is 115 Å². The highest BCUT2D eigenvalue weighted by atomic mass is 16.4. The average molecular weight is 274 g/mol. The minimum atomic E-state index is -0.948. The minimum absolute atomic E-state index is 0.145. The van der Waals surface area contributed by atoms with E-state index in [1.165, 1.54) is 17.3 Å². The quantitative estimate of drug-likeness (QED) is 0.851. The second kappa shape index (κ2) is 5.96. The smallest absolute Gasteiger partial charge is 0.307 e. The third-order valence-electron chi connectivity index (χ3n) is 2.83. The molecule has 2 rings (SSSR count). The van der Waals surface area contributed by atoms with Crippen molar-refractivity contribution in [2.75, 3.05) is 5.32 Å². The number of aliphatic carboxylic acids is 1. The fourth-order valence-electron chi connectivity index (χ4n) is 1.73. The molecule has 1 atom stereocenters. The highest BCUT2D eigenvalue weighted by Crippen LogP contribution is 2.17. The molecule has 0 fully saturated rings. The summed E-state index contributed by atoms with van der Waals surface area (Å²) in [5.74, 6) is -1.23. The maximum atomic E-state index is 12.1. The van der Waals surface area contributed by atoms with Gasteiger partial charge in [0.05, 0.1) is 6.42 Å². The number of para-hydroxylation sites is 1. The molecule has 1 aromatic heterocycles. The van der Waals surface area contributed by atoms with E-state index in [0.717, 1.165) is 0 Å². The lowest BCUT2D eigenvalue weighted by atomic mass is 10.1. The third-order valence-corrected chi connectivity index (χ3v) is 2.83. The maximum absolute atomic E-state index is 12.1. The van der Waals surface area contributed by atoms with E-state index >= 15 is 0 Å². The highest BCUT2D eigenvalue weighted by molar-refractivity contribution is 5.94. The van der Waals surface area contributed by atoms with Crippen LogP contribution in [0.2, 0.25) is 0 Å². The van der Waals surface area contributed by atoms with Crippen LogP contribution in [-0.4, -0.2) is 31.7 Å². The number of hydrogen-bond donors (Lipinski definition) is 2. The Morgan fingerprint density at radius 2 is 2.15 bits per heavy atom. The molecule has 0 saturated heterocycles. The SMILES string of the molecule is CC(C(=O)Nc1ccccc1CC(=O)O)n1cncn1. The fraction of sp³-hybridized carbons (Fsp3) is 0.231. The molecule has 104 valence electrons. The Morgan fingerprint density at radius 3 is 2.80 bits per heavy atom. The summed E-state index contributed by atoms with van der Waals surface area (Å²) >= 11 is 0. The molecule has 0 aliphatic heterocycles. The first kappa shape index (κ1) is 13.7. The van der Waals surface area contributed by atoms with Gasteiger partial charge in [-0.15, -0.1) is 0 Å². The van der Waals surface area contributed by atoms with Crippen LogP contribution in [0.5, 0.6) is 0 Å². The van der Waals surface area contributed by atoms with E-state index in [9.17, 15) is 9.59 Å². The van der Waals surface area contributed by atoms with Crippen molar-refractivity contribution in [3.63, 3.8) is 0 Å². The van der Waals surface area contributed by atoms with Crippen molar-refractivity contribution in [2.24, 2.45) is 0 Å². The standard InChI is InChI=1S/C13H14N4O3/c1-9(17-8-14-7-15-17)13(20)16-11-5-3-2-4-10(11)6-12(18)19/h2-5,7-9H,6H2,1H3,(H,16,20)(H,18,19). The zero-order valence-corrected chi connectivity index (χ0v) is 10.9. The molecule has 2 N–H and O–H groups in total. The summed E-state index contributed by atoms with van der Waals surface area (Å²) in [6.45, 7) is 1.68. The van der Waals surface area contributed by atoms with Crippen molar-refractivity contribution >= 4 is 17.6 Å². The number of carboxylic acids is 1. The Hall–Kier alpha value is -2.70. The van der Waals surface area contributed by atoms with Crippen LogP contribution in [-0.2, 0) is 16.0 Å². The van der Waals surface area contributed by atoms with Crippen LogP contribution in [0, 0.1) is 0 Å². The minimum Gasteiger partial charge on any atom is -0.481 e. The van der Waals surface area contributed by atoms with Crippen molar-refractivity contribution in [1.82, 2.24) is 14.8 Å². The number of carboxylic acid groups (broad SMARTS) is 1. The molecule has 2 aromatic rings. The van der Waals surface area contributed by atoms with Gasteiger partial charge in [-0.3, -0.25) is 9.59 Å². The zero-order valence-electron chi connectivity index (χ0n) is 10.9. The summed E-state index contributed by atoms with van der Waals surface area (Å²) in [4.78, 5) is 26.7. The average Bonchev–Trinajstić information content (AvgIpc) is 2.93. The lowest BCUT2D eigenvalue weighted by molar-refractivity contribution is -0.136. The van der Waals surface area contributed by atoms with E-state index in [1.54, 1.807) is 31.2 Å². The molecule has 0 aliphatic rings. The van der Waals surface area contributed by atoms with Gasteiger partial charge in [-0.1, -0.05) is 18.2 Å². The second-order valence-corrected chi connectivity index (χ2v) is 4.27. The summed E-state index contributed by atoms with van der Waals surface area (Å²) in [6, 6.07) is 6.28. The van der Waals surface area contributed by atoms with E-state index in [0.29, 0.717) is 11.3 Å².